The SMILES string of the molecule is CCCCCC(=O)Nc1[nH]ncc1C(N)=NO. The maximum absolute atomic E-state index is 11.5. The minimum atomic E-state index is -0.116. The van der Waals surface area contributed by atoms with Crippen LogP contribution in [0.4, 0.5) is 5.82 Å². The van der Waals surface area contributed by atoms with E-state index in [1.54, 1.807) is 0 Å². The van der Waals surface area contributed by atoms with Crippen LogP contribution in [-0.2, 0) is 4.79 Å². The van der Waals surface area contributed by atoms with Crippen molar-refractivity contribution in [3.05, 3.63) is 11.8 Å². The smallest absolute Gasteiger partial charge is 0.225 e. The van der Waals surface area contributed by atoms with Crippen LogP contribution in [0.15, 0.2) is 11.4 Å². The van der Waals surface area contributed by atoms with Crippen LogP contribution >= 0.6 is 0 Å². The fourth-order valence-electron chi connectivity index (χ4n) is 1.37. The minimum absolute atomic E-state index is 0.0948. The molecular formula is C10H17N5O2. The lowest BCUT2D eigenvalue weighted by Crippen LogP contribution is -2.18. The molecule has 0 bridgehead atoms. The molecule has 1 rings (SSSR count). The van der Waals surface area contributed by atoms with E-state index in [9.17, 15) is 4.79 Å². The van der Waals surface area contributed by atoms with Gasteiger partial charge >= 0.3 is 0 Å². The molecule has 0 radical (unpaired) electrons. The van der Waals surface area contributed by atoms with Crippen LogP contribution in [0.25, 0.3) is 0 Å². The lowest BCUT2D eigenvalue weighted by atomic mass is 10.2. The second-order valence-electron chi connectivity index (χ2n) is 3.65. The zero-order chi connectivity index (χ0) is 12.7. The van der Waals surface area contributed by atoms with Crippen LogP contribution in [0.3, 0.4) is 0 Å². The number of carbonyl (C=O) groups is 1. The number of hydrogen-bond donors (Lipinski definition) is 4. The maximum Gasteiger partial charge on any atom is 0.225 e. The Morgan fingerprint density at radius 3 is 3.06 bits per heavy atom. The van der Waals surface area contributed by atoms with E-state index in [2.05, 4.69) is 27.6 Å². The number of amides is 1. The fraction of sp³-hybridized carbons (Fsp3) is 0.500. The molecule has 7 nitrogen and oxygen atoms in total. The van der Waals surface area contributed by atoms with E-state index in [1.165, 1.54) is 6.20 Å². The zero-order valence-corrected chi connectivity index (χ0v) is 9.73. The highest BCUT2D eigenvalue weighted by atomic mass is 16.4. The van der Waals surface area contributed by atoms with Crippen molar-refractivity contribution in [2.45, 2.75) is 32.6 Å². The number of unbranched alkanes of at least 4 members (excludes halogenated alkanes) is 2. The molecule has 1 amide bonds. The highest BCUT2D eigenvalue weighted by Crippen LogP contribution is 2.11. The van der Waals surface area contributed by atoms with Crippen molar-refractivity contribution >= 4 is 17.6 Å². The molecule has 17 heavy (non-hydrogen) atoms. The van der Waals surface area contributed by atoms with Gasteiger partial charge in [-0.05, 0) is 6.42 Å². The number of amidine groups is 1. The predicted molar refractivity (Wildman–Crippen MR) is 63.9 cm³/mol. The van der Waals surface area contributed by atoms with Crippen molar-refractivity contribution in [2.75, 3.05) is 5.32 Å². The topological polar surface area (TPSA) is 116 Å². The Morgan fingerprint density at radius 1 is 1.65 bits per heavy atom. The average molecular weight is 239 g/mol. The number of aromatic amines is 1. The summed E-state index contributed by atoms with van der Waals surface area (Å²) in [4.78, 5) is 11.5. The second kappa shape index (κ2) is 6.51. The Kier molecular flexibility index (Phi) is 4.99. The van der Waals surface area contributed by atoms with Gasteiger partial charge < -0.3 is 16.3 Å². The standard InChI is InChI=1S/C10H17N5O2/c1-2-3-4-5-8(16)13-10-7(6-12-14-10)9(11)15-17/h6,17H,2-5H2,1H3,(H2,11,15)(H2,12,13,14,16). The lowest BCUT2D eigenvalue weighted by molar-refractivity contribution is -0.116. The number of H-pyrrole nitrogens is 1. The van der Waals surface area contributed by atoms with E-state index in [0.717, 1.165) is 19.3 Å². The first-order valence-electron chi connectivity index (χ1n) is 5.50. The summed E-state index contributed by atoms with van der Waals surface area (Å²) in [5.74, 6) is 0.138. The quantitative estimate of drug-likeness (QED) is 0.195. The number of hydrogen-bond acceptors (Lipinski definition) is 4. The second-order valence-corrected chi connectivity index (χ2v) is 3.65. The summed E-state index contributed by atoms with van der Waals surface area (Å²) in [5.41, 5.74) is 5.80. The Morgan fingerprint density at radius 2 is 2.41 bits per heavy atom. The zero-order valence-electron chi connectivity index (χ0n) is 9.73. The molecule has 1 aromatic heterocycles. The molecule has 1 heterocycles. The van der Waals surface area contributed by atoms with Crippen LogP contribution in [0.1, 0.15) is 38.2 Å². The maximum atomic E-state index is 11.5. The molecule has 5 N–H and O–H groups in total. The third-order valence-electron chi connectivity index (χ3n) is 2.29. The van der Waals surface area contributed by atoms with Gasteiger partial charge in [0.15, 0.2) is 5.84 Å². The number of aromatic nitrogens is 2. The number of anilines is 1. The summed E-state index contributed by atoms with van der Waals surface area (Å²) in [6, 6.07) is 0. The van der Waals surface area contributed by atoms with E-state index in [1.807, 2.05) is 0 Å². The normalized spacial score (nSPS) is 11.5. The number of carbonyl (C=O) groups excluding carboxylic acids is 1. The Bertz CT molecular complexity index is 399. The van der Waals surface area contributed by atoms with Gasteiger partial charge in [-0.3, -0.25) is 9.89 Å². The van der Waals surface area contributed by atoms with Crippen molar-refractivity contribution in [1.82, 2.24) is 10.2 Å². The number of rotatable bonds is 6. The van der Waals surface area contributed by atoms with E-state index in [4.69, 9.17) is 10.9 Å². The third kappa shape index (κ3) is 3.78. The Labute approximate surface area is 99.1 Å². The van der Waals surface area contributed by atoms with Gasteiger partial charge in [-0.1, -0.05) is 24.9 Å². The summed E-state index contributed by atoms with van der Waals surface area (Å²) in [5, 5.41) is 20.4. The average Bonchev–Trinajstić information content (AvgIpc) is 2.76. The molecule has 1 aromatic rings. The highest BCUT2D eigenvalue weighted by Gasteiger charge is 2.11. The molecule has 0 spiro atoms. The molecule has 7 heteroatoms. The van der Waals surface area contributed by atoms with Gasteiger partial charge in [0.05, 0.1) is 11.8 Å². The molecule has 0 saturated heterocycles. The lowest BCUT2D eigenvalue weighted by Gasteiger charge is -2.04. The molecular weight excluding hydrogens is 222 g/mol. The van der Waals surface area contributed by atoms with Crippen molar-refractivity contribution in [3.8, 4) is 0 Å². The molecule has 0 unspecified atom stereocenters. The van der Waals surface area contributed by atoms with Crippen LogP contribution in [0.2, 0.25) is 0 Å². The fourth-order valence-corrected chi connectivity index (χ4v) is 1.37. The van der Waals surface area contributed by atoms with Crippen molar-refractivity contribution in [3.63, 3.8) is 0 Å². The summed E-state index contributed by atoms with van der Waals surface area (Å²) in [7, 11) is 0. The van der Waals surface area contributed by atoms with Crippen LogP contribution in [-0.4, -0.2) is 27.1 Å². The van der Waals surface area contributed by atoms with E-state index in [0.29, 0.717) is 17.8 Å². The van der Waals surface area contributed by atoms with Crippen LogP contribution in [0, 0.1) is 0 Å². The first-order chi connectivity index (χ1) is 8.19. The Hall–Kier alpha value is -2.05. The Balaban J connectivity index is 2.57. The number of nitrogens with zero attached hydrogens (tertiary/aromatic N) is 2. The molecule has 0 saturated carbocycles. The monoisotopic (exact) mass is 239 g/mol. The highest BCUT2D eigenvalue weighted by molar-refractivity contribution is 6.04. The van der Waals surface area contributed by atoms with Crippen LogP contribution in [0.5, 0.6) is 0 Å². The number of nitrogens with one attached hydrogen (secondary N) is 2. The summed E-state index contributed by atoms with van der Waals surface area (Å²) in [6.07, 6.45) is 4.75. The summed E-state index contributed by atoms with van der Waals surface area (Å²) < 4.78 is 0. The van der Waals surface area contributed by atoms with Crippen molar-refractivity contribution in [1.29, 1.82) is 0 Å². The summed E-state index contributed by atoms with van der Waals surface area (Å²) in [6.45, 7) is 2.07. The van der Waals surface area contributed by atoms with Crippen molar-refractivity contribution < 1.29 is 10.0 Å². The first kappa shape index (κ1) is 13.0. The predicted octanol–water partition coefficient (Wildman–Crippen LogP) is 1.02. The molecule has 0 aliphatic carbocycles. The molecule has 0 aliphatic rings. The van der Waals surface area contributed by atoms with Gasteiger partial charge in [0.25, 0.3) is 0 Å². The minimum Gasteiger partial charge on any atom is -0.409 e. The van der Waals surface area contributed by atoms with E-state index >= 15 is 0 Å². The molecule has 0 aliphatic heterocycles. The molecule has 94 valence electrons. The third-order valence-corrected chi connectivity index (χ3v) is 2.29. The van der Waals surface area contributed by atoms with Gasteiger partial charge in [0.1, 0.15) is 5.82 Å². The largest absolute Gasteiger partial charge is 0.409 e. The van der Waals surface area contributed by atoms with Gasteiger partial charge in [-0.2, -0.15) is 5.10 Å². The van der Waals surface area contributed by atoms with Gasteiger partial charge in [0.2, 0.25) is 5.91 Å². The van der Waals surface area contributed by atoms with E-state index in [-0.39, 0.29) is 11.7 Å². The van der Waals surface area contributed by atoms with Gasteiger partial charge in [0, 0.05) is 6.42 Å². The first-order valence-corrected chi connectivity index (χ1v) is 5.50. The number of nitrogens with two attached hydrogens (primary N) is 1. The molecule has 0 aromatic carbocycles. The summed E-state index contributed by atoms with van der Waals surface area (Å²) >= 11 is 0. The van der Waals surface area contributed by atoms with Gasteiger partial charge in [-0.15, -0.1) is 0 Å². The molecule has 0 fully saturated rings. The van der Waals surface area contributed by atoms with Gasteiger partial charge in [-0.25, -0.2) is 0 Å². The number of oxime groups is 1. The van der Waals surface area contributed by atoms with E-state index < -0.39 is 0 Å². The van der Waals surface area contributed by atoms with Crippen molar-refractivity contribution in [2.24, 2.45) is 10.9 Å². The van der Waals surface area contributed by atoms with Crippen LogP contribution < -0.4 is 11.1 Å². The molecule has 0 atom stereocenters.